The minimum atomic E-state index is -0.133. The molecule has 3 rings (SSSR count). The van der Waals surface area contributed by atoms with Crippen LogP contribution in [0.5, 0.6) is 0 Å². The summed E-state index contributed by atoms with van der Waals surface area (Å²) in [5, 5.41) is 68.1. The first-order valence-corrected chi connectivity index (χ1v) is 10.9. The van der Waals surface area contributed by atoms with Crippen LogP contribution < -0.4 is 0 Å². The zero-order chi connectivity index (χ0) is 22.2. The molecule has 0 bridgehead atoms. The first-order valence-electron chi connectivity index (χ1n) is 10.9. The topological polar surface area (TPSA) is 184 Å². The average Bonchev–Trinajstić information content (AvgIpc) is 2.85. The van der Waals surface area contributed by atoms with Gasteiger partial charge >= 0.3 is 17.4 Å². The van der Waals surface area contributed by atoms with Crippen LogP contribution in [0.15, 0.2) is 15.8 Å². The van der Waals surface area contributed by atoms with E-state index in [4.69, 9.17) is 0 Å². The van der Waals surface area contributed by atoms with Gasteiger partial charge < -0.3 is 31.2 Å². The summed E-state index contributed by atoms with van der Waals surface area (Å²) < 4.78 is 0. The molecule has 0 atom stereocenters. The second-order valence-corrected chi connectivity index (χ2v) is 8.03. The maximum absolute atomic E-state index is 10.6. The normalized spacial score (nSPS) is 22.3. The Balaban J connectivity index is 0.000000429. The minimum Gasteiger partial charge on any atom is -0.739 e. The van der Waals surface area contributed by atoms with Crippen molar-refractivity contribution in [1.82, 2.24) is 0 Å². The molecule has 13 heteroatoms. The van der Waals surface area contributed by atoms with Gasteiger partial charge in [0.15, 0.2) is 18.1 Å². The maximum atomic E-state index is 10.6. The van der Waals surface area contributed by atoms with Crippen LogP contribution in [-0.4, -0.2) is 50.1 Å². The molecule has 0 aromatic rings. The number of hydrogen-bond acceptors (Lipinski definition) is 9. The molecular formula is C18H33AlN6O6. The second-order valence-electron chi connectivity index (χ2n) is 8.03. The van der Waals surface area contributed by atoms with Gasteiger partial charge in [-0.15, -0.1) is 0 Å². The number of hydrogen-bond donors (Lipinski definition) is 0. The van der Waals surface area contributed by atoms with Gasteiger partial charge in [-0.1, -0.05) is 33.8 Å². The smallest absolute Gasteiger partial charge is 0.739 e. The van der Waals surface area contributed by atoms with Gasteiger partial charge in [0.2, 0.25) is 0 Å². The summed E-state index contributed by atoms with van der Waals surface area (Å²) in [7, 11) is 0. The molecule has 31 heavy (non-hydrogen) atoms. The molecule has 0 heterocycles. The van der Waals surface area contributed by atoms with E-state index in [9.17, 15) is 31.2 Å². The van der Waals surface area contributed by atoms with Crippen LogP contribution in [0.25, 0.3) is 0 Å². The Morgan fingerprint density at radius 3 is 0.774 bits per heavy atom. The Morgan fingerprint density at radius 1 is 0.419 bits per heavy atom. The molecule has 0 saturated heterocycles. The molecule has 3 saturated carbocycles. The summed E-state index contributed by atoms with van der Waals surface area (Å²) >= 11 is 0. The van der Waals surface area contributed by atoms with Crippen molar-refractivity contribution in [3.05, 3.63) is 31.2 Å². The number of hydroxylamine groups is 3. The van der Waals surface area contributed by atoms with E-state index in [0.717, 1.165) is 77.0 Å². The van der Waals surface area contributed by atoms with Crippen molar-refractivity contribution in [2.75, 3.05) is 0 Å². The van der Waals surface area contributed by atoms with Crippen LogP contribution in [-0.2, 0) is 0 Å². The molecule has 0 unspecified atom stereocenters. The summed E-state index contributed by atoms with van der Waals surface area (Å²) in [6.45, 7) is 0. The molecule has 174 valence electrons. The van der Waals surface area contributed by atoms with E-state index in [1.165, 1.54) is 19.3 Å². The van der Waals surface area contributed by atoms with Gasteiger partial charge in [0, 0.05) is 38.5 Å². The zero-order valence-electron chi connectivity index (χ0n) is 18.0. The zero-order valence-corrected chi connectivity index (χ0v) is 19.2. The molecule has 0 aromatic heterocycles. The monoisotopic (exact) mass is 456 g/mol. The van der Waals surface area contributed by atoms with Crippen molar-refractivity contribution < 1.29 is 14.6 Å². The van der Waals surface area contributed by atoms with Gasteiger partial charge in [0.1, 0.15) is 0 Å². The Hall–Kier alpha value is -1.87. The first-order chi connectivity index (χ1) is 14.5. The van der Waals surface area contributed by atoms with Crippen LogP contribution in [0.3, 0.4) is 0 Å². The fraction of sp³-hybridized carbons (Fsp3) is 1.00. The summed E-state index contributed by atoms with van der Waals surface area (Å²) in [6, 6.07) is -0.399. The van der Waals surface area contributed by atoms with Gasteiger partial charge in [-0.2, -0.15) is 0 Å². The fourth-order valence-corrected chi connectivity index (χ4v) is 4.11. The van der Waals surface area contributed by atoms with Crippen molar-refractivity contribution in [3.8, 4) is 0 Å². The summed E-state index contributed by atoms with van der Waals surface area (Å²) in [4.78, 5) is 0.914. The Morgan fingerprint density at radius 2 is 0.613 bits per heavy atom. The maximum Gasteiger partial charge on any atom is 3.00 e. The van der Waals surface area contributed by atoms with Crippen molar-refractivity contribution in [2.24, 2.45) is 15.8 Å². The molecule has 0 aromatic carbocycles. The summed E-state index contributed by atoms with van der Waals surface area (Å²) in [5.74, 6) is 0. The van der Waals surface area contributed by atoms with Crippen LogP contribution >= 0.6 is 0 Å². The third kappa shape index (κ3) is 11.9. The SMILES string of the molecule is [Al+3].[O-]/N=[N+](/[O-])C1CCCCC1.[O-]/N=[N+](/[O-])C1CCCCC1.[O-]/N=[N+](/[O-])C1CCCCC1. The third-order valence-electron chi connectivity index (χ3n) is 5.90. The Bertz CT molecular complexity index is 472. The standard InChI is InChI=1S/3C6H12N2O2.Al/c3*9-7-8(10)6-4-2-1-3-5-6;/h3*6,9H,1-5H2;/q;;;+3/p-3/b3*8-7+;. The van der Waals surface area contributed by atoms with Crippen LogP contribution in [0.1, 0.15) is 96.3 Å². The van der Waals surface area contributed by atoms with E-state index >= 15 is 0 Å². The van der Waals surface area contributed by atoms with E-state index in [1.54, 1.807) is 0 Å². The van der Waals surface area contributed by atoms with Crippen LogP contribution in [0.2, 0.25) is 0 Å². The van der Waals surface area contributed by atoms with Gasteiger partial charge in [0.05, 0.1) is 0 Å². The largest absolute Gasteiger partial charge is 3.00 e. The molecule has 0 aliphatic heterocycles. The predicted octanol–water partition coefficient (Wildman–Crippen LogP) is 4.96. The minimum absolute atomic E-state index is 0. The molecule has 0 N–H and O–H groups in total. The van der Waals surface area contributed by atoms with Gasteiger partial charge in [-0.3, -0.25) is 0 Å². The molecule has 12 nitrogen and oxygen atoms in total. The van der Waals surface area contributed by atoms with E-state index in [2.05, 4.69) is 15.8 Å². The first kappa shape index (κ1) is 29.1. The molecule has 0 amide bonds. The fourth-order valence-electron chi connectivity index (χ4n) is 4.11. The molecule has 0 spiro atoms. The Labute approximate surface area is 193 Å². The quantitative estimate of drug-likeness (QED) is 0.250. The van der Waals surface area contributed by atoms with Gasteiger partial charge in [0.25, 0.3) is 0 Å². The van der Waals surface area contributed by atoms with E-state index in [-0.39, 0.29) is 35.5 Å². The molecule has 3 aliphatic rings. The van der Waals surface area contributed by atoms with E-state index < -0.39 is 0 Å². The number of nitrogens with zero attached hydrogens (tertiary/aromatic N) is 6. The predicted molar refractivity (Wildman–Crippen MR) is 115 cm³/mol. The van der Waals surface area contributed by atoms with Gasteiger partial charge in [-0.05, 0) is 54.4 Å². The molecule has 3 aliphatic carbocycles. The summed E-state index contributed by atoms with van der Waals surface area (Å²) in [5.41, 5.74) is 0. The van der Waals surface area contributed by atoms with Crippen molar-refractivity contribution in [2.45, 2.75) is 114 Å². The molecule has 3 fully saturated rings. The van der Waals surface area contributed by atoms with E-state index in [0.29, 0.717) is 14.6 Å². The Kier molecular flexibility index (Phi) is 16.7. The summed E-state index contributed by atoms with van der Waals surface area (Å²) in [6.07, 6.45) is 14.8. The van der Waals surface area contributed by atoms with Gasteiger partial charge in [-0.25, -0.2) is 0 Å². The number of rotatable bonds is 3. The van der Waals surface area contributed by atoms with Crippen molar-refractivity contribution >= 4 is 17.4 Å². The van der Waals surface area contributed by atoms with Crippen LogP contribution in [0, 0.1) is 31.2 Å². The van der Waals surface area contributed by atoms with Crippen LogP contribution in [0.4, 0.5) is 0 Å². The molecule has 0 radical (unpaired) electrons. The van der Waals surface area contributed by atoms with Crippen molar-refractivity contribution in [3.63, 3.8) is 0 Å². The van der Waals surface area contributed by atoms with E-state index in [1.807, 2.05) is 0 Å². The van der Waals surface area contributed by atoms with Crippen molar-refractivity contribution in [1.29, 1.82) is 0 Å². The average molecular weight is 456 g/mol. The molecular weight excluding hydrogens is 423 g/mol. The third-order valence-corrected chi connectivity index (χ3v) is 5.90. The second kappa shape index (κ2) is 17.8.